The molecule has 3 N–H and O–H groups in total. The number of halogens is 3. The molecular weight excluding hydrogens is 490 g/mol. The molecule has 1 amide bonds. The van der Waals surface area contributed by atoms with Gasteiger partial charge in [0.05, 0.1) is 16.6 Å². The number of hydrogen-bond acceptors (Lipinski definition) is 5. The summed E-state index contributed by atoms with van der Waals surface area (Å²) in [5.74, 6) is -2.44. The van der Waals surface area contributed by atoms with Crippen LogP contribution in [0.5, 0.6) is 17.2 Å². The normalized spacial score (nSPS) is 22.2. The number of nitrogens with two attached hydrogens (primary N) is 1. The number of nitrogens with one attached hydrogen (secondary N) is 1. The molecule has 1 saturated heterocycles. The number of hydrogen-bond donors (Lipinski definition) is 2. The minimum atomic E-state index is -0.902. The van der Waals surface area contributed by atoms with Crippen LogP contribution in [-0.4, -0.2) is 31.7 Å². The molecule has 6 nitrogen and oxygen atoms in total. The second kappa shape index (κ2) is 8.64. The van der Waals surface area contributed by atoms with Crippen molar-refractivity contribution < 1.29 is 27.8 Å². The van der Waals surface area contributed by atoms with Crippen LogP contribution in [0.3, 0.4) is 0 Å². The van der Waals surface area contributed by atoms with Gasteiger partial charge in [-0.1, -0.05) is 41.9 Å². The number of fused-ring (bicyclic) bond motifs is 2. The Morgan fingerprint density at radius 1 is 1.08 bits per heavy atom. The predicted octanol–water partition coefficient (Wildman–Crippen LogP) is 4.74. The first-order valence-electron chi connectivity index (χ1n) is 11.8. The van der Waals surface area contributed by atoms with Gasteiger partial charge in [0.1, 0.15) is 24.8 Å². The molecule has 0 unspecified atom stereocenters. The van der Waals surface area contributed by atoms with Gasteiger partial charge in [0.2, 0.25) is 5.91 Å². The standard InChI is InChI=1S/C27H23ClF2N2O4/c28-23-17(29)12-18-16(13-27(36-18,20-7-4-8-32-20)14-5-2-1-3-6-14)21(23)22-15(26(31)33)11-19-25(24(22)30)35-10-9-34-19/h1-3,5-6,11-12,20,32H,4,7-10,13H2,(H2,31,33)/t20-,27-/m0/s1. The fraction of sp³-hybridized carbons (Fsp3) is 0.296. The summed E-state index contributed by atoms with van der Waals surface area (Å²) in [5, 5.41) is 3.19. The van der Waals surface area contributed by atoms with E-state index in [4.69, 9.17) is 31.5 Å². The molecule has 3 heterocycles. The Morgan fingerprint density at radius 2 is 1.86 bits per heavy atom. The van der Waals surface area contributed by atoms with Gasteiger partial charge in [0.25, 0.3) is 0 Å². The average molecular weight is 513 g/mol. The molecule has 0 bridgehead atoms. The fourth-order valence-corrected chi connectivity index (χ4v) is 5.87. The second-order valence-electron chi connectivity index (χ2n) is 9.21. The van der Waals surface area contributed by atoms with E-state index in [1.165, 1.54) is 12.1 Å². The van der Waals surface area contributed by atoms with Gasteiger partial charge in [-0.2, -0.15) is 0 Å². The quantitative estimate of drug-likeness (QED) is 0.528. The zero-order valence-corrected chi connectivity index (χ0v) is 20.0. The Hall–Kier alpha value is -3.36. The highest BCUT2D eigenvalue weighted by atomic mass is 35.5. The number of primary amides is 1. The topological polar surface area (TPSA) is 82.8 Å². The first kappa shape index (κ1) is 23.1. The van der Waals surface area contributed by atoms with E-state index in [0.717, 1.165) is 24.9 Å². The summed E-state index contributed by atoms with van der Waals surface area (Å²) >= 11 is 6.51. The molecule has 3 aromatic rings. The van der Waals surface area contributed by atoms with Crippen molar-refractivity contribution in [1.82, 2.24) is 5.32 Å². The Labute approximate surface area is 211 Å². The van der Waals surface area contributed by atoms with Gasteiger partial charge in [0.15, 0.2) is 22.9 Å². The van der Waals surface area contributed by atoms with E-state index < -0.39 is 23.1 Å². The minimum Gasteiger partial charge on any atom is -0.486 e. The van der Waals surface area contributed by atoms with Crippen LogP contribution in [0.4, 0.5) is 8.78 Å². The van der Waals surface area contributed by atoms with Gasteiger partial charge in [-0.05, 0) is 31.0 Å². The summed E-state index contributed by atoms with van der Waals surface area (Å²) in [5.41, 5.74) is 5.81. The monoisotopic (exact) mass is 512 g/mol. The number of carbonyl (C=O) groups is 1. The van der Waals surface area contributed by atoms with Crippen molar-refractivity contribution in [3.8, 4) is 28.4 Å². The van der Waals surface area contributed by atoms with Crippen LogP contribution in [0.15, 0.2) is 42.5 Å². The summed E-state index contributed by atoms with van der Waals surface area (Å²) in [6, 6.07) is 12.1. The summed E-state index contributed by atoms with van der Waals surface area (Å²) in [7, 11) is 0. The lowest BCUT2D eigenvalue weighted by atomic mass is 9.80. The second-order valence-corrected chi connectivity index (χ2v) is 9.59. The molecule has 9 heteroatoms. The van der Waals surface area contributed by atoms with E-state index >= 15 is 8.78 Å². The van der Waals surface area contributed by atoms with Crippen molar-refractivity contribution in [3.05, 3.63) is 75.8 Å². The van der Waals surface area contributed by atoms with E-state index in [-0.39, 0.29) is 64.6 Å². The van der Waals surface area contributed by atoms with Crippen molar-refractivity contribution in [2.45, 2.75) is 30.9 Å². The molecule has 36 heavy (non-hydrogen) atoms. The molecule has 0 radical (unpaired) electrons. The zero-order chi connectivity index (χ0) is 25.0. The van der Waals surface area contributed by atoms with Crippen LogP contribution in [0.2, 0.25) is 5.02 Å². The summed E-state index contributed by atoms with van der Waals surface area (Å²) < 4.78 is 48.8. The summed E-state index contributed by atoms with van der Waals surface area (Å²) in [6.07, 6.45) is 2.09. The molecule has 3 aromatic carbocycles. The highest BCUT2D eigenvalue weighted by molar-refractivity contribution is 6.34. The van der Waals surface area contributed by atoms with Crippen LogP contribution >= 0.6 is 11.6 Å². The minimum absolute atomic E-state index is 0.0331. The molecule has 1 fully saturated rings. The molecule has 0 aromatic heterocycles. The van der Waals surface area contributed by atoms with Crippen LogP contribution in [0, 0.1) is 11.6 Å². The Kier molecular flexibility index (Phi) is 5.53. The Morgan fingerprint density at radius 3 is 2.58 bits per heavy atom. The molecule has 6 rings (SSSR count). The SMILES string of the molecule is NC(=O)c1cc2c(c(F)c1-c1c(Cl)c(F)cc3c1C[C@](c1ccccc1)([C@@H]1CCCN1)O3)OCCO2. The van der Waals surface area contributed by atoms with Crippen molar-refractivity contribution in [2.75, 3.05) is 19.8 Å². The average Bonchev–Trinajstić information content (AvgIpc) is 3.55. The van der Waals surface area contributed by atoms with E-state index in [1.54, 1.807) is 0 Å². The van der Waals surface area contributed by atoms with Crippen LogP contribution in [-0.2, 0) is 12.0 Å². The van der Waals surface area contributed by atoms with Crippen LogP contribution in [0.1, 0.15) is 34.3 Å². The third kappa shape index (κ3) is 3.43. The summed E-state index contributed by atoms with van der Waals surface area (Å²) in [4.78, 5) is 12.5. The highest BCUT2D eigenvalue weighted by Gasteiger charge is 2.50. The van der Waals surface area contributed by atoms with Gasteiger partial charge in [0, 0.05) is 29.2 Å². The van der Waals surface area contributed by atoms with Crippen LogP contribution in [0.25, 0.3) is 11.1 Å². The fourth-order valence-electron chi connectivity index (χ4n) is 5.61. The molecular formula is C27H23ClF2N2O4. The van der Waals surface area contributed by atoms with E-state index in [1.807, 2.05) is 30.3 Å². The summed E-state index contributed by atoms with van der Waals surface area (Å²) in [6.45, 7) is 1.15. The lowest BCUT2D eigenvalue weighted by molar-refractivity contribution is 0.0539. The van der Waals surface area contributed by atoms with Crippen molar-refractivity contribution in [2.24, 2.45) is 5.73 Å². The van der Waals surface area contributed by atoms with E-state index in [2.05, 4.69) is 5.32 Å². The molecule has 0 aliphatic carbocycles. The molecule has 186 valence electrons. The van der Waals surface area contributed by atoms with Crippen molar-refractivity contribution in [3.63, 3.8) is 0 Å². The molecule has 0 spiro atoms. The lowest BCUT2D eigenvalue weighted by Gasteiger charge is -2.35. The van der Waals surface area contributed by atoms with E-state index in [9.17, 15) is 4.79 Å². The Balaban J connectivity index is 1.60. The zero-order valence-electron chi connectivity index (χ0n) is 19.2. The molecule has 2 atom stereocenters. The van der Waals surface area contributed by atoms with Crippen LogP contribution < -0.4 is 25.3 Å². The molecule has 0 saturated carbocycles. The predicted molar refractivity (Wildman–Crippen MR) is 130 cm³/mol. The Bertz CT molecular complexity index is 1380. The smallest absolute Gasteiger partial charge is 0.249 e. The first-order valence-corrected chi connectivity index (χ1v) is 12.2. The first-order chi connectivity index (χ1) is 17.4. The lowest BCUT2D eigenvalue weighted by Crippen LogP contribution is -2.48. The van der Waals surface area contributed by atoms with Crippen molar-refractivity contribution >= 4 is 17.5 Å². The van der Waals surface area contributed by atoms with Gasteiger partial charge in [-0.25, -0.2) is 8.78 Å². The number of ether oxygens (including phenoxy) is 3. The van der Waals surface area contributed by atoms with Gasteiger partial charge in [-0.15, -0.1) is 0 Å². The third-order valence-electron chi connectivity index (χ3n) is 7.19. The van der Waals surface area contributed by atoms with Gasteiger partial charge >= 0.3 is 0 Å². The van der Waals surface area contributed by atoms with Gasteiger partial charge < -0.3 is 25.3 Å². The molecule has 3 aliphatic heterocycles. The number of carbonyl (C=O) groups excluding carboxylic acids is 1. The molecule has 3 aliphatic rings. The maximum absolute atomic E-state index is 16.0. The maximum atomic E-state index is 16.0. The largest absolute Gasteiger partial charge is 0.486 e. The number of amides is 1. The van der Waals surface area contributed by atoms with E-state index in [0.29, 0.717) is 5.56 Å². The number of benzene rings is 3. The van der Waals surface area contributed by atoms with Gasteiger partial charge in [-0.3, -0.25) is 4.79 Å². The maximum Gasteiger partial charge on any atom is 0.249 e. The number of rotatable bonds is 4. The third-order valence-corrected chi connectivity index (χ3v) is 7.56. The highest BCUT2D eigenvalue weighted by Crippen LogP contribution is 2.53. The van der Waals surface area contributed by atoms with Crippen molar-refractivity contribution in [1.29, 1.82) is 0 Å².